The molecule has 3 atom stereocenters. The van der Waals surface area contributed by atoms with E-state index < -0.39 is 0 Å². The highest BCUT2D eigenvalue weighted by Crippen LogP contribution is 2.64. The van der Waals surface area contributed by atoms with Gasteiger partial charge in [0.2, 0.25) is 0 Å². The molecule has 1 saturated carbocycles. The van der Waals surface area contributed by atoms with E-state index in [0.717, 1.165) is 11.8 Å². The Morgan fingerprint density at radius 3 is 2.91 bits per heavy atom. The van der Waals surface area contributed by atoms with Crippen molar-refractivity contribution in [3.8, 4) is 0 Å². The topological polar surface area (TPSA) is 20.2 Å². The monoisotopic (exact) mass is 152 g/mol. The summed E-state index contributed by atoms with van der Waals surface area (Å²) >= 11 is 0. The van der Waals surface area contributed by atoms with E-state index in [4.69, 9.17) is 5.11 Å². The zero-order valence-electron chi connectivity index (χ0n) is 7.30. The molecule has 0 aromatic heterocycles. The van der Waals surface area contributed by atoms with Crippen LogP contribution in [0.4, 0.5) is 0 Å². The molecule has 0 saturated heterocycles. The SMILES string of the molecule is CC1=CC[C@@H]2[C@H](C1)[C@@]2(C)CO. The van der Waals surface area contributed by atoms with Crippen LogP contribution in [-0.4, -0.2) is 11.7 Å². The second-order valence-corrected chi connectivity index (χ2v) is 4.37. The van der Waals surface area contributed by atoms with Gasteiger partial charge in [0.15, 0.2) is 0 Å². The van der Waals surface area contributed by atoms with E-state index in [1.54, 1.807) is 0 Å². The fourth-order valence-corrected chi connectivity index (χ4v) is 2.57. The summed E-state index contributed by atoms with van der Waals surface area (Å²) in [6.45, 7) is 4.80. The Kier molecular flexibility index (Phi) is 1.40. The quantitative estimate of drug-likeness (QED) is 0.569. The zero-order valence-corrected chi connectivity index (χ0v) is 7.30. The maximum Gasteiger partial charge on any atom is 0.0490 e. The Morgan fingerprint density at radius 1 is 1.64 bits per heavy atom. The van der Waals surface area contributed by atoms with Crippen molar-refractivity contribution >= 4 is 0 Å². The van der Waals surface area contributed by atoms with Gasteiger partial charge in [-0.2, -0.15) is 0 Å². The van der Waals surface area contributed by atoms with Crippen LogP contribution in [0, 0.1) is 17.3 Å². The molecular formula is C10H16O. The Balaban J connectivity index is 2.10. The third-order valence-corrected chi connectivity index (χ3v) is 3.67. The van der Waals surface area contributed by atoms with Crippen molar-refractivity contribution in [3.63, 3.8) is 0 Å². The highest BCUT2D eigenvalue weighted by atomic mass is 16.3. The summed E-state index contributed by atoms with van der Waals surface area (Å²) in [5.41, 5.74) is 1.79. The third kappa shape index (κ3) is 0.871. The Labute approximate surface area is 68.1 Å². The fourth-order valence-electron chi connectivity index (χ4n) is 2.57. The molecule has 1 heteroatoms. The predicted molar refractivity (Wildman–Crippen MR) is 45.2 cm³/mol. The molecule has 0 radical (unpaired) electrons. The lowest BCUT2D eigenvalue weighted by Crippen LogP contribution is -2.04. The highest BCUT2D eigenvalue weighted by molar-refractivity contribution is 5.20. The molecule has 1 N–H and O–H groups in total. The van der Waals surface area contributed by atoms with Gasteiger partial charge >= 0.3 is 0 Å². The van der Waals surface area contributed by atoms with E-state index in [1.165, 1.54) is 18.4 Å². The summed E-state index contributed by atoms with van der Waals surface area (Å²) in [5.74, 6) is 1.58. The van der Waals surface area contributed by atoms with Crippen LogP contribution in [-0.2, 0) is 0 Å². The van der Waals surface area contributed by atoms with Gasteiger partial charge in [0.05, 0.1) is 0 Å². The molecule has 62 valence electrons. The van der Waals surface area contributed by atoms with Crippen molar-refractivity contribution in [1.29, 1.82) is 0 Å². The molecule has 2 aliphatic carbocycles. The van der Waals surface area contributed by atoms with Crippen LogP contribution in [0.1, 0.15) is 26.7 Å². The number of aliphatic hydroxyl groups excluding tert-OH is 1. The summed E-state index contributed by atoms with van der Waals surface area (Å²) in [5, 5.41) is 9.16. The smallest absolute Gasteiger partial charge is 0.0490 e. The van der Waals surface area contributed by atoms with E-state index in [-0.39, 0.29) is 5.41 Å². The maximum atomic E-state index is 9.16. The van der Waals surface area contributed by atoms with Gasteiger partial charge in [0, 0.05) is 6.61 Å². The minimum absolute atomic E-state index is 0.272. The summed E-state index contributed by atoms with van der Waals surface area (Å²) in [6, 6.07) is 0. The number of allylic oxidation sites excluding steroid dienone is 2. The molecule has 2 rings (SSSR count). The van der Waals surface area contributed by atoms with Crippen LogP contribution in [0.2, 0.25) is 0 Å². The predicted octanol–water partition coefficient (Wildman–Crippen LogP) is 1.97. The molecule has 2 aliphatic rings. The number of aliphatic hydroxyl groups is 1. The van der Waals surface area contributed by atoms with Gasteiger partial charge in [-0.3, -0.25) is 0 Å². The molecule has 0 aromatic carbocycles. The Morgan fingerprint density at radius 2 is 2.36 bits per heavy atom. The van der Waals surface area contributed by atoms with E-state index in [2.05, 4.69) is 19.9 Å². The maximum absolute atomic E-state index is 9.16. The largest absolute Gasteiger partial charge is 0.396 e. The average molecular weight is 152 g/mol. The highest BCUT2D eigenvalue weighted by Gasteiger charge is 2.60. The number of hydrogen-bond acceptors (Lipinski definition) is 1. The lowest BCUT2D eigenvalue weighted by Gasteiger charge is -2.05. The van der Waals surface area contributed by atoms with Gasteiger partial charge < -0.3 is 5.11 Å². The Bertz CT molecular complexity index is 207. The van der Waals surface area contributed by atoms with Crippen LogP contribution in [0.5, 0.6) is 0 Å². The van der Waals surface area contributed by atoms with Gasteiger partial charge in [-0.15, -0.1) is 0 Å². The van der Waals surface area contributed by atoms with Crippen LogP contribution in [0.15, 0.2) is 11.6 Å². The summed E-state index contributed by atoms with van der Waals surface area (Å²) < 4.78 is 0. The summed E-state index contributed by atoms with van der Waals surface area (Å²) in [7, 11) is 0. The third-order valence-electron chi connectivity index (χ3n) is 3.67. The van der Waals surface area contributed by atoms with Crippen LogP contribution >= 0.6 is 0 Å². The average Bonchev–Trinajstić information content (AvgIpc) is 2.58. The first kappa shape index (κ1) is 7.35. The van der Waals surface area contributed by atoms with Crippen LogP contribution < -0.4 is 0 Å². The lowest BCUT2D eigenvalue weighted by molar-refractivity contribution is 0.204. The second-order valence-electron chi connectivity index (χ2n) is 4.37. The summed E-state index contributed by atoms with van der Waals surface area (Å²) in [4.78, 5) is 0. The number of rotatable bonds is 1. The van der Waals surface area contributed by atoms with Crippen molar-refractivity contribution in [2.24, 2.45) is 17.3 Å². The molecule has 0 heterocycles. The molecule has 0 aromatic rings. The van der Waals surface area contributed by atoms with Crippen molar-refractivity contribution in [3.05, 3.63) is 11.6 Å². The van der Waals surface area contributed by atoms with Gasteiger partial charge in [-0.1, -0.05) is 18.6 Å². The van der Waals surface area contributed by atoms with E-state index in [1.807, 2.05) is 0 Å². The van der Waals surface area contributed by atoms with Crippen LogP contribution in [0.25, 0.3) is 0 Å². The molecule has 0 amide bonds. The van der Waals surface area contributed by atoms with Gasteiger partial charge in [0.1, 0.15) is 0 Å². The van der Waals surface area contributed by atoms with E-state index in [0.29, 0.717) is 6.61 Å². The minimum atomic E-state index is 0.272. The first-order chi connectivity index (χ1) is 5.18. The van der Waals surface area contributed by atoms with E-state index >= 15 is 0 Å². The van der Waals surface area contributed by atoms with Gasteiger partial charge in [-0.05, 0) is 37.0 Å². The standard InChI is InChI=1S/C10H16O/c1-7-3-4-8-9(5-7)10(8,2)6-11/h3,8-9,11H,4-6H2,1-2H3/t8-,9+,10+/m1/s1. The molecule has 1 nitrogen and oxygen atoms in total. The lowest BCUT2D eigenvalue weighted by atomic mass is 10.0. The summed E-state index contributed by atoms with van der Waals surface area (Å²) in [6.07, 6.45) is 4.76. The normalized spacial score (nSPS) is 48.1. The molecule has 0 aliphatic heterocycles. The zero-order chi connectivity index (χ0) is 8.06. The fraction of sp³-hybridized carbons (Fsp3) is 0.800. The molecule has 1 fully saturated rings. The van der Waals surface area contributed by atoms with Crippen molar-refractivity contribution in [2.45, 2.75) is 26.7 Å². The van der Waals surface area contributed by atoms with Gasteiger partial charge in [-0.25, -0.2) is 0 Å². The van der Waals surface area contributed by atoms with E-state index in [9.17, 15) is 0 Å². The molecule has 0 unspecified atom stereocenters. The molecule has 11 heavy (non-hydrogen) atoms. The number of fused-ring (bicyclic) bond motifs is 1. The minimum Gasteiger partial charge on any atom is -0.396 e. The van der Waals surface area contributed by atoms with Crippen LogP contribution in [0.3, 0.4) is 0 Å². The number of hydrogen-bond donors (Lipinski definition) is 1. The molecular weight excluding hydrogens is 136 g/mol. The Hall–Kier alpha value is -0.300. The molecule has 0 spiro atoms. The van der Waals surface area contributed by atoms with Gasteiger partial charge in [0.25, 0.3) is 0 Å². The molecule has 0 bridgehead atoms. The second kappa shape index (κ2) is 2.10. The first-order valence-corrected chi connectivity index (χ1v) is 4.45. The first-order valence-electron chi connectivity index (χ1n) is 4.45. The van der Waals surface area contributed by atoms with Crippen molar-refractivity contribution < 1.29 is 5.11 Å². The van der Waals surface area contributed by atoms with Crippen molar-refractivity contribution in [2.75, 3.05) is 6.61 Å². The van der Waals surface area contributed by atoms with Crippen molar-refractivity contribution in [1.82, 2.24) is 0 Å².